The number of nitrogens with zero attached hydrogens (tertiary/aromatic N) is 1. The summed E-state index contributed by atoms with van der Waals surface area (Å²) in [5, 5.41) is 0. The van der Waals surface area contributed by atoms with Crippen molar-refractivity contribution in [2.45, 2.75) is 40.2 Å². The summed E-state index contributed by atoms with van der Waals surface area (Å²) in [5.41, 5.74) is 1.40. The van der Waals surface area contributed by atoms with Gasteiger partial charge in [-0.05, 0) is 23.7 Å². The summed E-state index contributed by atoms with van der Waals surface area (Å²) < 4.78 is 5.85. The molecule has 19 heavy (non-hydrogen) atoms. The monoisotopic (exact) mass is 259 g/mol. The molecule has 0 N–H and O–H groups in total. The summed E-state index contributed by atoms with van der Waals surface area (Å²) in [5.74, 6) is 1.81. The molecule has 0 aromatic heterocycles. The molecule has 3 atom stereocenters. The zero-order valence-electron chi connectivity index (χ0n) is 12.5. The largest absolute Gasteiger partial charge is 0.475 e. The van der Waals surface area contributed by atoms with Crippen molar-refractivity contribution in [1.29, 1.82) is 0 Å². The lowest BCUT2D eigenvalue weighted by atomic mass is 9.81. The summed E-state index contributed by atoms with van der Waals surface area (Å²) in [6.45, 7) is 13.4. The molecule has 104 valence electrons. The first-order chi connectivity index (χ1) is 8.93. The van der Waals surface area contributed by atoms with Crippen LogP contribution in [0.15, 0.2) is 41.4 Å². The average Bonchev–Trinajstić information content (AvgIpc) is 2.81. The van der Waals surface area contributed by atoms with Gasteiger partial charge in [0.05, 0.1) is 6.04 Å². The molecule has 2 nitrogen and oxygen atoms in total. The Morgan fingerprint density at radius 3 is 2.79 bits per heavy atom. The Hall–Kier alpha value is -1.31. The summed E-state index contributed by atoms with van der Waals surface area (Å²) >= 11 is 0. The Labute approximate surface area is 117 Å². The lowest BCUT2D eigenvalue weighted by Gasteiger charge is -2.25. The van der Waals surface area contributed by atoms with Crippen LogP contribution in [0, 0.1) is 17.3 Å². The molecule has 0 bridgehead atoms. The van der Waals surface area contributed by atoms with E-state index < -0.39 is 0 Å². The Kier molecular flexibility index (Phi) is 3.98. The van der Waals surface area contributed by atoms with Crippen molar-refractivity contribution in [3.8, 4) is 0 Å². The maximum Gasteiger partial charge on any atom is 0.212 e. The van der Waals surface area contributed by atoms with Crippen molar-refractivity contribution < 1.29 is 4.74 Å². The Balaban J connectivity index is 2.17. The molecule has 2 rings (SSSR count). The van der Waals surface area contributed by atoms with Crippen molar-refractivity contribution in [2.24, 2.45) is 22.2 Å². The van der Waals surface area contributed by atoms with Crippen molar-refractivity contribution in [2.75, 3.05) is 6.61 Å². The molecule has 2 aliphatic rings. The van der Waals surface area contributed by atoms with Gasteiger partial charge in [-0.15, -0.1) is 6.58 Å². The first-order valence-corrected chi connectivity index (χ1v) is 7.13. The lowest BCUT2D eigenvalue weighted by Crippen LogP contribution is -2.25. The predicted octanol–water partition coefficient (Wildman–Crippen LogP) is 4.15. The SMILES string of the molecule is C=CC[C@@H]1C=CC=C(C2=N[C@@H](C(C)(C)C)CO2)[C@H]1C. The third-order valence-corrected chi connectivity index (χ3v) is 4.10. The van der Waals surface area contributed by atoms with E-state index in [2.05, 4.69) is 52.5 Å². The van der Waals surface area contributed by atoms with Crippen molar-refractivity contribution in [3.05, 3.63) is 36.5 Å². The molecule has 1 aliphatic carbocycles. The zero-order valence-corrected chi connectivity index (χ0v) is 12.5. The quantitative estimate of drug-likeness (QED) is 0.698. The molecule has 0 spiro atoms. The highest BCUT2D eigenvalue weighted by molar-refractivity contribution is 5.95. The Morgan fingerprint density at radius 2 is 2.21 bits per heavy atom. The van der Waals surface area contributed by atoms with E-state index in [-0.39, 0.29) is 11.5 Å². The highest BCUT2D eigenvalue weighted by Crippen LogP contribution is 2.33. The number of hydrogen-bond acceptors (Lipinski definition) is 2. The topological polar surface area (TPSA) is 21.6 Å². The van der Waals surface area contributed by atoms with Crippen LogP contribution in [0.5, 0.6) is 0 Å². The van der Waals surface area contributed by atoms with Gasteiger partial charge in [-0.3, -0.25) is 0 Å². The van der Waals surface area contributed by atoms with Crippen LogP contribution in [-0.2, 0) is 4.74 Å². The lowest BCUT2D eigenvalue weighted by molar-refractivity contribution is 0.234. The van der Waals surface area contributed by atoms with Gasteiger partial charge in [0.2, 0.25) is 5.90 Å². The molecular formula is C17H25NO. The van der Waals surface area contributed by atoms with E-state index in [4.69, 9.17) is 9.73 Å². The summed E-state index contributed by atoms with van der Waals surface area (Å²) in [6, 6.07) is 0.263. The summed E-state index contributed by atoms with van der Waals surface area (Å²) in [4.78, 5) is 4.79. The molecular weight excluding hydrogens is 234 g/mol. The summed E-state index contributed by atoms with van der Waals surface area (Å²) in [7, 11) is 0. The van der Waals surface area contributed by atoms with Crippen molar-refractivity contribution in [3.63, 3.8) is 0 Å². The van der Waals surface area contributed by atoms with E-state index in [9.17, 15) is 0 Å². The van der Waals surface area contributed by atoms with Crippen LogP contribution in [0.2, 0.25) is 0 Å². The number of allylic oxidation sites excluding steroid dienone is 4. The van der Waals surface area contributed by atoms with E-state index in [1.54, 1.807) is 0 Å². The van der Waals surface area contributed by atoms with Gasteiger partial charge in [-0.2, -0.15) is 0 Å². The molecule has 0 aromatic rings. The van der Waals surface area contributed by atoms with Gasteiger partial charge in [-0.1, -0.05) is 52.0 Å². The highest BCUT2D eigenvalue weighted by atomic mass is 16.5. The molecule has 0 aromatic carbocycles. The first-order valence-electron chi connectivity index (χ1n) is 7.13. The van der Waals surface area contributed by atoms with Gasteiger partial charge >= 0.3 is 0 Å². The fraction of sp³-hybridized carbons (Fsp3) is 0.588. The third kappa shape index (κ3) is 2.99. The molecule has 1 heterocycles. The minimum absolute atomic E-state index is 0.163. The third-order valence-electron chi connectivity index (χ3n) is 4.10. The van der Waals surface area contributed by atoms with Crippen LogP contribution in [-0.4, -0.2) is 18.5 Å². The molecule has 0 saturated carbocycles. The highest BCUT2D eigenvalue weighted by Gasteiger charge is 2.33. The van der Waals surface area contributed by atoms with E-state index >= 15 is 0 Å². The van der Waals surface area contributed by atoms with Crippen LogP contribution in [0.3, 0.4) is 0 Å². The molecule has 1 aliphatic heterocycles. The number of aliphatic imine (C=N–C) groups is 1. The van der Waals surface area contributed by atoms with Crippen LogP contribution < -0.4 is 0 Å². The second-order valence-electron chi connectivity index (χ2n) is 6.61. The van der Waals surface area contributed by atoms with Crippen molar-refractivity contribution >= 4 is 5.90 Å². The normalized spacial score (nSPS) is 30.6. The second kappa shape index (κ2) is 5.36. The Bertz CT molecular complexity index is 437. The minimum Gasteiger partial charge on any atom is -0.475 e. The van der Waals surface area contributed by atoms with Gasteiger partial charge < -0.3 is 4.74 Å². The number of rotatable bonds is 3. The molecule has 0 saturated heterocycles. The maximum atomic E-state index is 5.85. The van der Waals surface area contributed by atoms with Gasteiger partial charge in [0.15, 0.2) is 0 Å². The van der Waals surface area contributed by atoms with Gasteiger partial charge in [-0.25, -0.2) is 4.99 Å². The van der Waals surface area contributed by atoms with Crippen molar-refractivity contribution in [1.82, 2.24) is 0 Å². The van der Waals surface area contributed by atoms with Crippen LogP contribution in [0.1, 0.15) is 34.1 Å². The smallest absolute Gasteiger partial charge is 0.212 e. The Morgan fingerprint density at radius 1 is 1.47 bits per heavy atom. The predicted molar refractivity (Wildman–Crippen MR) is 81.3 cm³/mol. The molecule has 0 radical (unpaired) electrons. The van der Waals surface area contributed by atoms with E-state index in [0.717, 1.165) is 12.3 Å². The van der Waals surface area contributed by atoms with Crippen LogP contribution in [0.25, 0.3) is 0 Å². The second-order valence-corrected chi connectivity index (χ2v) is 6.61. The molecule has 2 heteroatoms. The van der Waals surface area contributed by atoms with E-state index in [1.807, 2.05) is 6.08 Å². The fourth-order valence-corrected chi connectivity index (χ4v) is 2.57. The maximum absolute atomic E-state index is 5.85. The standard InChI is InChI=1S/C17H25NO/c1-6-8-13-9-7-10-14(12(13)2)16-18-15(11-19-16)17(3,4)5/h6-7,9-10,12-13,15H,1,8,11H2,2-5H3/t12-,13+,15+/m0/s1. The number of ether oxygens (including phenoxy) is 1. The zero-order chi connectivity index (χ0) is 14.0. The first kappa shape index (κ1) is 14.1. The molecule has 0 amide bonds. The molecule has 0 unspecified atom stereocenters. The van der Waals surface area contributed by atoms with Gasteiger partial charge in [0, 0.05) is 5.57 Å². The van der Waals surface area contributed by atoms with E-state index in [0.29, 0.717) is 18.4 Å². The van der Waals surface area contributed by atoms with E-state index in [1.165, 1.54) is 5.57 Å². The van der Waals surface area contributed by atoms with Gasteiger partial charge in [0.25, 0.3) is 0 Å². The average molecular weight is 259 g/mol. The minimum atomic E-state index is 0.163. The van der Waals surface area contributed by atoms with Crippen LogP contribution in [0.4, 0.5) is 0 Å². The molecule has 0 fully saturated rings. The number of hydrogen-bond donors (Lipinski definition) is 0. The fourth-order valence-electron chi connectivity index (χ4n) is 2.57. The van der Waals surface area contributed by atoms with Crippen LogP contribution >= 0.6 is 0 Å². The summed E-state index contributed by atoms with van der Waals surface area (Å²) in [6.07, 6.45) is 9.52. The van der Waals surface area contributed by atoms with Gasteiger partial charge in [0.1, 0.15) is 6.61 Å².